The van der Waals surface area contributed by atoms with E-state index in [9.17, 15) is 4.79 Å². The summed E-state index contributed by atoms with van der Waals surface area (Å²) in [6, 6.07) is 17.2. The Morgan fingerprint density at radius 1 is 1.10 bits per heavy atom. The fourth-order valence-electron chi connectivity index (χ4n) is 3.42. The topological polar surface area (TPSA) is 71.4 Å². The second-order valence-electron chi connectivity index (χ2n) is 6.62. The Morgan fingerprint density at radius 2 is 1.83 bits per heavy atom. The van der Waals surface area contributed by atoms with Gasteiger partial charge in [-0.15, -0.1) is 11.6 Å². The quantitative estimate of drug-likeness (QED) is 0.466. The van der Waals surface area contributed by atoms with Gasteiger partial charge in [0, 0.05) is 23.7 Å². The SMILES string of the molecule is COc1ccc(-c2c(C)[nH]c3c(NCCCl)c(-c4ccccc4)nn3c2=O)cc1. The molecular weight excluding hydrogens is 388 g/mol. The summed E-state index contributed by atoms with van der Waals surface area (Å²) in [5, 5.41) is 7.95. The van der Waals surface area contributed by atoms with E-state index in [0.717, 1.165) is 28.3 Å². The average Bonchev–Trinajstić information content (AvgIpc) is 3.12. The average molecular weight is 409 g/mol. The molecule has 7 heteroatoms. The smallest absolute Gasteiger partial charge is 0.282 e. The van der Waals surface area contributed by atoms with Crippen LogP contribution in [0.25, 0.3) is 28.0 Å². The zero-order valence-electron chi connectivity index (χ0n) is 16.2. The Hall–Kier alpha value is -3.25. The third-order valence-electron chi connectivity index (χ3n) is 4.79. The molecule has 29 heavy (non-hydrogen) atoms. The Balaban J connectivity index is 1.95. The van der Waals surface area contributed by atoms with E-state index >= 15 is 0 Å². The van der Waals surface area contributed by atoms with Crippen molar-refractivity contribution in [1.82, 2.24) is 14.6 Å². The van der Waals surface area contributed by atoms with Gasteiger partial charge >= 0.3 is 0 Å². The molecule has 148 valence electrons. The third-order valence-corrected chi connectivity index (χ3v) is 4.98. The molecule has 0 unspecified atom stereocenters. The second kappa shape index (κ2) is 8.01. The lowest BCUT2D eigenvalue weighted by Crippen LogP contribution is -2.19. The minimum Gasteiger partial charge on any atom is -0.497 e. The molecule has 2 aromatic carbocycles. The molecule has 0 aliphatic carbocycles. The Morgan fingerprint density at radius 3 is 2.48 bits per heavy atom. The Labute approximate surface area is 173 Å². The highest BCUT2D eigenvalue weighted by Crippen LogP contribution is 2.31. The van der Waals surface area contributed by atoms with E-state index in [-0.39, 0.29) is 5.56 Å². The standard InChI is InChI=1S/C22H21ClN4O2/c1-14-18(15-8-10-17(29-2)11-9-15)22(28)27-21(25-14)20(24-13-12-23)19(26-27)16-6-4-3-5-7-16/h3-11,24-25H,12-13H2,1-2H3. The molecule has 0 saturated carbocycles. The van der Waals surface area contributed by atoms with Gasteiger partial charge in [-0.1, -0.05) is 42.5 Å². The Bertz CT molecular complexity index is 1200. The van der Waals surface area contributed by atoms with E-state index in [1.165, 1.54) is 4.52 Å². The van der Waals surface area contributed by atoms with Crippen LogP contribution < -0.4 is 15.6 Å². The number of nitrogens with zero attached hydrogens (tertiary/aromatic N) is 2. The number of aromatic amines is 1. The van der Waals surface area contributed by atoms with Crippen LogP contribution in [0.2, 0.25) is 0 Å². The number of aryl methyl sites for hydroxylation is 1. The van der Waals surface area contributed by atoms with Gasteiger partial charge in [0.15, 0.2) is 5.65 Å². The molecular formula is C22H21ClN4O2. The zero-order valence-corrected chi connectivity index (χ0v) is 17.0. The number of aromatic nitrogens is 3. The lowest BCUT2D eigenvalue weighted by molar-refractivity contribution is 0.415. The van der Waals surface area contributed by atoms with Crippen LogP contribution in [0.3, 0.4) is 0 Å². The summed E-state index contributed by atoms with van der Waals surface area (Å²) in [4.78, 5) is 16.7. The summed E-state index contributed by atoms with van der Waals surface area (Å²) >= 11 is 5.89. The van der Waals surface area contributed by atoms with Crippen LogP contribution in [0.15, 0.2) is 59.4 Å². The molecule has 0 aliphatic heterocycles. The first-order valence-corrected chi connectivity index (χ1v) is 9.82. The van der Waals surface area contributed by atoms with Gasteiger partial charge in [0.05, 0.1) is 12.7 Å². The first kappa shape index (κ1) is 19.1. The van der Waals surface area contributed by atoms with Gasteiger partial charge in [0.25, 0.3) is 5.56 Å². The number of hydrogen-bond donors (Lipinski definition) is 2. The number of fused-ring (bicyclic) bond motifs is 1. The van der Waals surface area contributed by atoms with E-state index < -0.39 is 0 Å². The summed E-state index contributed by atoms with van der Waals surface area (Å²) in [5.74, 6) is 1.18. The predicted octanol–water partition coefficient (Wildman–Crippen LogP) is 4.32. The summed E-state index contributed by atoms with van der Waals surface area (Å²) < 4.78 is 6.64. The van der Waals surface area contributed by atoms with Crippen molar-refractivity contribution in [2.45, 2.75) is 6.92 Å². The number of benzene rings is 2. The minimum atomic E-state index is -0.183. The fraction of sp³-hybridized carbons (Fsp3) is 0.182. The highest BCUT2D eigenvalue weighted by molar-refractivity contribution is 6.18. The van der Waals surface area contributed by atoms with Crippen molar-refractivity contribution in [3.63, 3.8) is 0 Å². The van der Waals surface area contributed by atoms with Gasteiger partial charge in [0.1, 0.15) is 17.1 Å². The highest BCUT2D eigenvalue weighted by Gasteiger charge is 2.20. The van der Waals surface area contributed by atoms with Crippen molar-refractivity contribution in [1.29, 1.82) is 0 Å². The van der Waals surface area contributed by atoms with Gasteiger partial charge in [-0.25, -0.2) is 0 Å². The van der Waals surface area contributed by atoms with Crippen molar-refractivity contribution in [3.05, 3.63) is 70.6 Å². The number of halogens is 1. The number of anilines is 1. The molecule has 2 N–H and O–H groups in total. The number of H-pyrrole nitrogens is 1. The van der Waals surface area contributed by atoms with Gasteiger partial charge < -0.3 is 15.0 Å². The van der Waals surface area contributed by atoms with E-state index in [4.69, 9.17) is 16.3 Å². The van der Waals surface area contributed by atoms with Crippen molar-refractivity contribution in [3.8, 4) is 28.1 Å². The van der Waals surface area contributed by atoms with Crippen LogP contribution in [0.4, 0.5) is 5.69 Å². The molecule has 0 fully saturated rings. The predicted molar refractivity (Wildman–Crippen MR) is 117 cm³/mol. The first-order chi connectivity index (χ1) is 14.1. The van der Waals surface area contributed by atoms with Crippen LogP contribution in [0.1, 0.15) is 5.69 Å². The summed E-state index contributed by atoms with van der Waals surface area (Å²) in [5.41, 5.74) is 4.97. The van der Waals surface area contributed by atoms with E-state index in [2.05, 4.69) is 15.4 Å². The fourth-order valence-corrected chi connectivity index (χ4v) is 3.52. The maximum atomic E-state index is 13.4. The lowest BCUT2D eigenvalue weighted by Gasteiger charge is -2.09. The van der Waals surface area contributed by atoms with Crippen LogP contribution in [-0.2, 0) is 0 Å². The molecule has 4 rings (SSSR count). The first-order valence-electron chi connectivity index (χ1n) is 9.29. The molecule has 2 heterocycles. The number of alkyl halides is 1. The number of nitrogens with one attached hydrogen (secondary N) is 2. The number of hydrogen-bond acceptors (Lipinski definition) is 4. The molecule has 0 spiro atoms. The van der Waals surface area contributed by atoms with Gasteiger partial charge in [-0.2, -0.15) is 9.61 Å². The largest absolute Gasteiger partial charge is 0.497 e. The Kier molecular flexibility index (Phi) is 5.27. The zero-order chi connectivity index (χ0) is 20.4. The highest BCUT2D eigenvalue weighted by atomic mass is 35.5. The normalized spacial score (nSPS) is 11.0. The van der Waals surface area contributed by atoms with Crippen molar-refractivity contribution in [2.75, 3.05) is 24.9 Å². The van der Waals surface area contributed by atoms with Gasteiger partial charge in [-0.05, 0) is 24.6 Å². The van der Waals surface area contributed by atoms with Crippen LogP contribution in [-0.4, -0.2) is 34.1 Å². The molecule has 6 nitrogen and oxygen atoms in total. The van der Waals surface area contributed by atoms with Crippen molar-refractivity contribution >= 4 is 22.9 Å². The maximum Gasteiger partial charge on any atom is 0.282 e. The summed E-state index contributed by atoms with van der Waals surface area (Å²) in [6.07, 6.45) is 0. The second-order valence-corrected chi connectivity index (χ2v) is 7.00. The molecule has 0 bridgehead atoms. The lowest BCUT2D eigenvalue weighted by atomic mass is 10.1. The van der Waals surface area contributed by atoms with Gasteiger partial charge in [0.2, 0.25) is 0 Å². The number of ether oxygens (including phenoxy) is 1. The molecule has 0 saturated heterocycles. The minimum absolute atomic E-state index is 0.183. The molecule has 0 radical (unpaired) electrons. The van der Waals surface area contributed by atoms with E-state index in [0.29, 0.717) is 29.3 Å². The molecule has 4 aromatic rings. The van der Waals surface area contributed by atoms with Crippen LogP contribution in [0.5, 0.6) is 5.75 Å². The molecule has 0 amide bonds. The van der Waals surface area contributed by atoms with Crippen molar-refractivity contribution < 1.29 is 4.74 Å². The number of rotatable bonds is 6. The molecule has 2 aromatic heterocycles. The van der Waals surface area contributed by atoms with Crippen molar-refractivity contribution in [2.24, 2.45) is 0 Å². The van der Waals surface area contributed by atoms with Crippen LogP contribution in [0, 0.1) is 6.92 Å². The summed E-state index contributed by atoms with van der Waals surface area (Å²) in [7, 11) is 1.61. The van der Waals surface area contributed by atoms with E-state index in [1.807, 2.05) is 61.5 Å². The summed E-state index contributed by atoms with van der Waals surface area (Å²) in [6.45, 7) is 2.45. The van der Waals surface area contributed by atoms with Crippen LogP contribution >= 0.6 is 11.6 Å². The maximum absolute atomic E-state index is 13.4. The third kappa shape index (κ3) is 3.47. The monoisotopic (exact) mass is 408 g/mol. The molecule has 0 atom stereocenters. The van der Waals surface area contributed by atoms with Gasteiger partial charge in [-0.3, -0.25) is 4.79 Å². The van der Waals surface area contributed by atoms with E-state index in [1.54, 1.807) is 7.11 Å². The molecule has 0 aliphatic rings. The number of methoxy groups -OCH3 is 1.